The number of guanidine groups is 1. The minimum Gasteiger partial charge on any atom is -0.391 e. The van der Waals surface area contributed by atoms with E-state index in [4.69, 9.17) is 11.1 Å². The Balaban J connectivity index is 2.63. The lowest BCUT2D eigenvalue weighted by molar-refractivity contribution is -0.137. The summed E-state index contributed by atoms with van der Waals surface area (Å²) in [5, 5.41) is 27.4. The van der Waals surface area contributed by atoms with E-state index in [0.717, 1.165) is 4.90 Å². The summed E-state index contributed by atoms with van der Waals surface area (Å²) < 4.78 is 0. The largest absolute Gasteiger partial charge is 0.391 e. The molecule has 5 amide bonds. The van der Waals surface area contributed by atoms with Gasteiger partial charge >= 0.3 is 0 Å². The summed E-state index contributed by atoms with van der Waals surface area (Å²) in [4.78, 5) is 73.8. The number of hydrogen-bond acceptors (Lipinski definition) is 8. The van der Waals surface area contributed by atoms with Crippen molar-refractivity contribution >= 4 is 49.0 Å². The lowest BCUT2D eigenvalue weighted by atomic mass is 9.96. The van der Waals surface area contributed by atoms with Gasteiger partial charge in [-0.05, 0) is 39.5 Å². The van der Waals surface area contributed by atoms with Crippen molar-refractivity contribution in [3.05, 3.63) is 12.2 Å². The fraction of sp³-hybridized carbons (Fsp3) is 0.609. The molecule has 0 aromatic carbocycles. The first-order chi connectivity index (χ1) is 17.8. The van der Waals surface area contributed by atoms with Crippen molar-refractivity contribution in [1.29, 1.82) is 5.41 Å². The number of imide groups is 1. The number of nitrogens with one attached hydrogen (secondary N) is 5. The molecule has 1 rings (SSSR count). The summed E-state index contributed by atoms with van der Waals surface area (Å²) in [6, 6.07) is -3.17. The molecular formula is C23H38BN7O7. The van der Waals surface area contributed by atoms with Crippen LogP contribution in [-0.4, -0.2) is 96.3 Å². The van der Waals surface area contributed by atoms with Gasteiger partial charge in [-0.2, -0.15) is 0 Å². The average molecular weight is 535 g/mol. The van der Waals surface area contributed by atoms with E-state index < -0.39 is 42.0 Å². The van der Waals surface area contributed by atoms with E-state index in [0.29, 0.717) is 25.7 Å². The Morgan fingerprint density at radius 3 is 2.18 bits per heavy atom. The lowest BCUT2D eigenvalue weighted by Crippen LogP contribution is -2.58. The van der Waals surface area contributed by atoms with Crippen molar-refractivity contribution in [2.24, 2.45) is 5.73 Å². The molecule has 0 saturated heterocycles. The molecule has 0 spiro atoms. The van der Waals surface area contributed by atoms with E-state index in [1.54, 1.807) is 0 Å². The van der Waals surface area contributed by atoms with Crippen molar-refractivity contribution in [1.82, 2.24) is 26.2 Å². The molecule has 0 saturated carbocycles. The van der Waals surface area contributed by atoms with Gasteiger partial charge in [-0.1, -0.05) is 6.42 Å². The second kappa shape index (κ2) is 16.2. The molecule has 1 heterocycles. The zero-order valence-electron chi connectivity index (χ0n) is 22.0. The number of aliphatic hydroxyl groups is 1. The third kappa shape index (κ3) is 11.5. The normalized spacial score (nSPS) is 15.8. The molecule has 0 bridgehead atoms. The molecule has 0 radical (unpaired) electrons. The molecule has 0 unspecified atom stereocenters. The monoisotopic (exact) mass is 535 g/mol. The molecule has 4 atom stereocenters. The number of aliphatic hydroxyl groups excluding tert-OH is 1. The Labute approximate surface area is 222 Å². The number of nitrogens with zero attached hydrogens (tertiary/aromatic N) is 1. The minimum absolute atomic E-state index is 0.0490. The van der Waals surface area contributed by atoms with E-state index in [-0.39, 0.29) is 49.4 Å². The van der Waals surface area contributed by atoms with Gasteiger partial charge in [0.25, 0.3) is 11.8 Å². The Morgan fingerprint density at radius 1 is 1.00 bits per heavy atom. The quantitative estimate of drug-likeness (QED) is 0.0326. The average Bonchev–Trinajstić information content (AvgIpc) is 3.15. The molecule has 0 aliphatic carbocycles. The Kier molecular flexibility index (Phi) is 13.7. The van der Waals surface area contributed by atoms with E-state index >= 15 is 0 Å². The second-order valence-electron chi connectivity index (χ2n) is 9.14. The molecule has 0 aromatic heterocycles. The van der Waals surface area contributed by atoms with Gasteiger partial charge in [0.05, 0.1) is 12.1 Å². The maximum Gasteiger partial charge on any atom is 0.253 e. The van der Waals surface area contributed by atoms with Crippen LogP contribution < -0.4 is 27.0 Å². The Hall–Kier alpha value is -3.75. The van der Waals surface area contributed by atoms with E-state index in [9.17, 15) is 33.9 Å². The number of nitrogens with two attached hydrogens (primary N) is 1. The van der Waals surface area contributed by atoms with Crippen molar-refractivity contribution < 1.29 is 33.9 Å². The van der Waals surface area contributed by atoms with Gasteiger partial charge in [0, 0.05) is 31.7 Å². The fourth-order valence-corrected chi connectivity index (χ4v) is 3.51. The smallest absolute Gasteiger partial charge is 0.253 e. The molecule has 38 heavy (non-hydrogen) atoms. The summed E-state index contributed by atoms with van der Waals surface area (Å²) in [6.07, 6.45) is 3.19. The van der Waals surface area contributed by atoms with Gasteiger partial charge in [0.15, 0.2) is 13.8 Å². The molecular weight excluding hydrogens is 497 g/mol. The maximum atomic E-state index is 12.9. The van der Waals surface area contributed by atoms with Crippen LogP contribution in [0.15, 0.2) is 12.2 Å². The molecule has 0 aromatic rings. The number of unbranched alkanes of at least 4 members (excludes halogenated alkanes) is 2. The first kappa shape index (κ1) is 32.3. The third-order valence-corrected chi connectivity index (χ3v) is 5.85. The fourth-order valence-electron chi connectivity index (χ4n) is 3.51. The maximum absolute atomic E-state index is 12.9. The highest BCUT2D eigenvalue weighted by molar-refractivity contribution is 6.59. The number of rotatable bonds is 17. The first-order valence-electron chi connectivity index (χ1n) is 12.5. The van der Waals surface area contributed by atoms with Crippen LogP contribution in [0.25, 0.3) is 0 Å². The third-order valence-electron chi connectivity index (χ3n) is 5.85. The van der Waals surface area contributed by atoms with Crippen molar-refractivity contribution in [3.8, 4) is 0 Å². The number of carbonyl (C=O) groups is 6. The molecule has 1 aliphatic heterocycles. The van der Waals surface area contributed by atoms with Gasteiger partial charge in [0.1, 0.15) is 17.8 Å². The SMILES string of the molecule is BC(=O)[C@@H](C)NC(=O)[C@H](CCCNC(=N)N)NC(=O)[C@@H](NC(=O)CCCCCN1C(=O)C=CC1=O)[C@@H](C)O. The van der Waals surface area contributed by atoms with Gasteiger partial charge in [-0.25, -0.2) is 0 Å². The molecule has 0 fully saturated rings. The number of carbonyl (C=O) groups excluding carboxylic acids is 6. The van der Waals surface area contributed by atoms with Crippen LogP contribution >= 0.6 is 0 Å². The van der Waals surface area contributed by atoms with Gasteiger partial charge in [-0.3, -0.25) is 34.3 Å². The van der Waals surface area contributed by atoms with Crippen molar-refractivity contribution in [2.45, 2.75) is 76.6 Å². The van der Waals surface area contributed by atoms with Crippen LogP contribution in [-0.2, 0) is 28.8 Å². The van der Waals surface area contributed by atoms with E-state index in [1.807, 2.05) is 0 Å². The van der Waals surface area contributed by atoms with Crippen LogP contribution in [0, 0.1) is 5.41 Å². The Morgan fingerprint density at radius 2 is 1.63 bits per heavy atom. The van der Waals surface area contributed by atoms with Crippen LogP contribution in [0.4, 0.5) is 0 Å². The summed E-state index contributed by atoms with van der Waals surface area (Å²) in [7, 11) is 1.32. The molecule has 210 valence electrons. The summed E-state index contributed by atoms with van der Waals surface area (Å²) >= 11 is 0. The minimum atomic E-state index is -1.33. The lowest BCUT2D eigenvalue weighted by Gasteiger charge is -2.25. The van der Waals surface area contributed by atoms with Crippen molar-refractivity contribution in [3.63, 3.8) is 0 Å². The molecule has 15 heteroatoms. The van der Waals surface area contributed by atoms with Crippen LogP contribution in [0.3, 0.4) is 0 Å². The number of amides is 5. The Bertz CT molecular complexity index is 923. The highest BCUT2D eigenvalue weighted by Crippen LogP contribution is 2.08. The summed E-state index contributed by atoms with van der Waals surface area (Å²) in [6.45, 7) is 3.35. The van der Waals surface area contributed by atoms with Crippen LogP contribution in [0.5, 0.6) is 0 Å². The van der Waals surface area contributed by atoms with Crippen molar-refractivity contribution in [2.75, 3.05) is 13.1 Å². The van der Waals surface area contributed by atoms with Gasteiger partial charge < -0.3 is 36.9 Å². The van der Waals surface area contributed by atoms with Gasteiger partial charge in [0.2, 0.25) is 17.7 Å². The van der Waals surface area contributed by atoms with Crippen LogP contribution in [0.1, 0.15) is 52.4 Å². The first-order valence-corrected chi connectivity index (χ1v) is 12.5. The van der Waals surface area contributed by atoms with E-state index in [2.05, 4.69) is 21.3 Å². The van der Waals surface area contributed by atoms with Gasteiger partial charge in [-0.15, -0.1) is 0 Å². The van der Waals surface area contributed by atoms with E-state index in [1.165, 1.54) is 33.8 Å². The zero-order valence-corrected chi connectivity index (χ0v) is 22.0. The highest BCUT2D eigenvalue weighted by Gasteiger charge is 2.30. The highest BCUT2D eigenvalue weighted by atomic mass is 16.3. The number of hydrogen-bond donors (Lipinski definition) is 7. The summed E-state index contributed by atoms with van der Waals surface area (Å²) in [5.41, 5.74) is 4.97. The molecule has 14 nitrogen and oxygen atoms in total. The standard InChI is InChI=1S/C23H38BN7O7/c1-13(20(24)36)28-21(37)15(7-6-11-27-23(25)26)29-22(38)19(14(2)32)30-16(33)8-4-3-5-12-31-17(34)9-10-18(31)35/h9-10,13-15,19,32H,3-8,11-12,24H2,1-2H3,(H,28,37)(H,29,38)(H,30,33)(H4,25,26,27)/t13-,14-,15+,19+/m1/s1. The predicted molar refractivity (Wildman–Crippen MR) is 140 cm³/mol. The molecule has 1 aliphatic rings. The predicted octanol–water partition coefficient (Wildman–Crippen LogP) is -3.25. The zero-order chi connectivity index (χ0) is 28.8. The second-order valence-corrected chi connectivity index (χ2v) is 9.14. The topological polar surface area (TPSA) is 224 Å². The van der Waals surface area contributed by atoms with Crippen LogP contribution in [0.2, 0.25) is 0 Å². The molecule has 8 N–H and O–H groups in total. The summed E-state index contributed by atoms with van der Waals surface area (Å²) in [5.74, 6) is -2.84.